The molecule has 0 spiro atoms. The van der Waals surface area contributed by atoms with E-state index >= 15 is 0 Å². The van der Waals surface area contributed by atoms with Crippen LogP contribution in [0.4, 0.5) is 0 Å². The third-order valence-electron chi connectivity index (χ3n) is 4.21. The van der Waals surface area contributed by atoms with E-state index in [0.717, 1.165) is 22.4 Å². The van der Waals surface area contributed by atoms with E-state index in [1.165, 1.54) is 18.2 Å². The Morgan fingerprint density at radius 1 is 1.15 bits per heavy atom. The van der Waals surface area contributed by atoms with Gasteiger partial charge in [-0.2, -0.15) is 0 Å². The molecule has 6 heteroatoms. The van der Waals surface area contributed by atoms with Crippen LogP contribution >= 0.6 is 0 Å². The lowest BCUT2D eigenvalue weighted by molar-refractivity contribution is -0.125. The molecule has 0 radical (unpaired) electrons. The van der Waals surface area contributed by atoms with Gasteiger partial charge in [0.2, 0.25) is 5.91 Å². The van der Waals surface area contributed by atoms with Crippen LogP contribution < -0.4 is 0 Å². The number of imidazole rings is 1. The molecule has 3 aromatic rings. The SMILES string of the molecule is CN(Cc1nc2ccccc2n1C)C(=O)/C=C/c1ccc(C(=O)O)cc1. The number of para-hydroxylation sites is 2. The van der Waals surface area contributed by atoms with Gasteiger partial charge in [0, 0.05) is 20.2 Å². The van der Waals surface area contributed by atoms with Gasteiger partial charge in [-0.15, -0.1) is 0 Å². The van der Waals surface area contributed by atoms with E-state index < -0.39 is 5.97 Å². The van der Waals surface area contributed by atoms with E-state index in [-0.39, 0.29) is 11.5 Å². The van der Waals surface area contributed by atoms with Crippen LogP contribution in [0.2, 0.25) is 0 Å². The van der Waals surface area contributed by atoms with Crippen molar-refractivity contribution in [3.8, 4) is 0 Å². The third-order valence-corrected chi connectivity index (χ3v) is 4.21. The Balaban J connectivity index is 1.69. The number of hydrogen-bond acceptors (Lipinski definition) is 3. The predicted molar refractivity (Wildman–Crippen MR) is 99.6 cm³/mol. The molecule has 0 atom stereocenters. The van der Waals surface area contributed by atoms with Crippen LogP contribution in [-0.2, 0) is 18.4 Å². The van der Waals surface area contributed by atoms with Gasteiger partial charge in [0.1, 0.15) is 5.82 Å². The van der Waals surface area contributed by atoms with Crippen LogP contribution in [-0.4, -0.2) is 38.5 Å². The fourth-order valence-corrected chi connectivity index (χ4v) is 2.66. The molecular formula is C20H19N3O3. The molecule has 132 valence electrons. The molecule has 2 aromatic carbocycles. The second-order valence-electron chi connectivity index (χ2n) is 6.03. The molecule has 0 unspecified atom stereocenters. The summed E-state index contributed by atoms with van der Waals surface area (Å²) < 4.78 is 1.98. The molecule has 1 aromatic heterocycles. The Labute approximate surface area is 151 Å². The van der Waals surface area contributed by atoms with Crippen LogP contribution in [0, 0.1) is 0 Å². The van der Waals surface area contributed by atoms with Crippen molar-refractivity contribution in [3.63, 3.8) is 0 Å². The lowest BCUT2D eigenvalue weighted by Crippen LogP contribution is -2.25. The molecule has 0 aliphatic rings. The molecule has 0 aliphatic heterocycles. The van der Waals surface area contributed by atoms with Crippen LogP contribution in [0.3, 0.4) is 0 Å². The van der Waals surface area contributed by atoms with Crippen molar-refractivity contribution in [2.24, 2.45) is 7.05 Å². The monoisotopic (exact) mass is 349 g/mol. The highest BCUT2D eigenvalue weighted by Gasteiger charge is 2.12. The Bertz CT molecular complexity index is 987. The Morgan fingerprint density at radius 2 is 1.85 bits per heavy atom. The zero-order chi connectivity index (χ0) is 18.7. The van der Waals surface area contributed by atoms with E-state index in [4.69, 9.17) is 5.11 Å². The number of likely N-dealkylation sites (N-methyl/N-ethyl adjacent to an activating group) is 1. The summed E-state index contributed by atoms with van der Waals surface area (Å²) in [6, 6.07) is 14.2. The number of hydrogen-bond donors (Lipinski definition) is 1. The summed E-state index contributed by atoms with van der Waals surface area (Å²) in [6.45, 7) is 0.395. The molecular weight excluding hydrogens is 330 g/mol. The van der Waals surface area contributed by atoms with Gasteiger partial charge >= 0.3 is 5.97 Å². The first-order valence-corrected chi connectivity index (χ1v) is 8.12. The molecule has 0 bridgehead atoms. The van der Waals surface area contributed by atoms with Crippen molar-refractivity contribution in [1.29, 1.82) is 0 Å². The average molecular weight is 349 g/mol. The van der Waals surface area contributed by atoms with Crippen molar-refractivity contribution < 1.29 is 14.7 Å². The van der Waals surface area contributed by atoms with E-state index in [0.29, 0.717) is 6.54 Å². The molecule has 0 saturated carbocycles. The van der Waals surface area contributed by atoms with Gasteiger partial charge in [-0.05, 0) is 35.9 Å². The number of aromatic nitrogens is 2. The lowest BCUT2D eigenvalue weighted by Gasteiger charge is -2.14. The molecule has 26 heavy (non-hydrogen) atoms. The summed E-state index contributed by atoms with van der Waals surface area (Å²) in [6.07, 6.45) is 3.14. The first-order chi connectivity index (χ1) is 12.5. The second-order valence-corrected chi connectivity index (χ2v) is 6.03. The van der Waals surface area contributed by atoms with Crippen LogP contribution in [0.5, 0.6) is 0 Å². The Morgan fingerprint density at radius 3 is 2.50 bits per heavy atom. The van der Waals surface area contributed by atoms with Crippen molar-refractivity contribution >= 4 is 29.0 Å². The zero-order valence-electron chi connectivity index (χ0n) is 14.6. The van der Waals surface area contributed by atoms with Crippen LogP contribution in [0.1, 0.15) is 21.7 Å². The van der Waals surface area contributed by atoms with Gasteiger partial charge in [0.15, 0.2) is 0 Å². The Kier molecular flexibility index (Phi) is 4.84. The summed E-state index contributed by atoms with van der Waals surface area (Å²) in [5.74, 6) is -0.320. The van der Waals surface area contributed by atoms with Gasteiger partial charge in [-0.1, -0.05) is 24.3 Å². The number of carbonyl (C=O) groups is 2. The normalized spacial score (nSPS) is 11.2. The second kappa shape index (κ2) is 7.23. The van der Waals surface area contributed by atoms with E-state index in [1.54, 1.807) is 30.2 Å². The predicted octanol–water partition coefficient (Wildman–Crippen LogP) is 2.94. The topological polar surface area (TPSA) is 75.4 Å². The van der Waals surface area contributed by atoms with Gasteiger partial charge in [0.05, 0.1) is 23.1 Å². The van der Waals surface area contributed by atoms with Crippen LogP contribution in [0.25, 0.3) is 17.1 Å². The largest absolute Gasteiger partial charge is 0.478 e. The van der Waals surface area contributed by atoms with Crippen molar-refractivity contribution in [3.05, 3.63) is 71.6 Å². The number of aromatic carboxylic acids is 1. The number of nitrogens with zero attached hydrogens (tertiary/aromatic N) is 3. The van der Waals surface area contributed by atoms with Gasteiger partial charge in [-0.25, -0.2) is 9.78 Å². The quantitative estimate of drug-likeness (QED) is 0.719. The summed E-state index contributed by atoms with van der Waals surface area (Å²) in [5.41, 5.74) is 2.91. The highest BCUT2D eigenvalue weighted by atomic mass is 16.4. The summed E-state index contributed by atoms with van der Waals surface area (Å²) in [4.78, 5) is 29.3. The number of aryl methyl sites for hydroxylation is 1. The van der Waals surface area contributed by atoms with Crippen molar-refractivity contribution in [2.75, 3.05) is 7.05 Å². The first kappa shape index (κ1) is 17.4. The molecule has 0 aliphatic carbocycles. The standard InChI is InChI=1S/C20H19N3O3/c1-22(13-18-21-16-5-3-4-6-17(16)23(18)2)19(24)12-9-14-7-10-15(11-8-14)20(25)26/h3-12H,13H2,1-2H3,(H,25,26)/b12-9+. The molecule has 6 nitrogen and oxygen atoms in total. The van der Waals surface area contributed by atoms with Crippen LogP contribution in [0.15, 0.2) is 54.6 Å². The number of rotatable bonds is 5. The number of carboxylic acid groups (broad SMARTS) is 1. The number of carboxylic acids is 1. The fourth-order valence-electron chi connectivity index (χ4n) is 2.66. The maximum atomic E-state index is 12.3. The number of benzene rings is 2. The zero-order valence-corrected chi connectivity index (χ0v) is 14.6. The highest BCUT2D eigenvalue weighted by Crippen LogP contribution is 2.15. The molecule has 1 heterocycles. The molecule has 0 saturated heterocycles. The Hall–Kier alpha value is -3.41. The average Bonchev–Trinajstić information content (AvgIpc) is 2.96. The van der Waals surface area contributed by atoms with Crippen molar-refractivity contribution in [1.82, 2.24) is 14.5 Å². The molecule has 1 amide bonds. The minimum absolute atomic E-state index is 0.153. The number of amides is 1. The lowest BCUT2D eigenvalue weighted by atomic mass is 10.1. The van der Waals surface area contributed by atoms with Crippen molar-refractivity contribution in [2.45, 2.75) is 6.54 Å². The van der Waals surface area contributed by atoms with E-state index in [2.05, 4.69) is 4.98 Å². The smallest absolute Gasteiger partial charge is 0.335 e. The minimum atomic E-state index is -0.973. The molecule has 1 N–H and O–H groups in total. The summed E-state index contributed by atoms with van der Waals surface area (Å²) in [7, 11) is 3.66. The summed E-state index contributed by atoms with van der Waals surface area (Å²) in [5, 5.41) is 8.89. The fraction of sp³-hybridized carbons (Fsp3) is 0.150. The maximum absolute atomic E-state index is 12.3. The first-order valence-electron chi connectivity index (χ1n) is 8.12. The maximum Gasteiger partial charge on any atom is 0.335 e. The number of fused-ring (bicyclic) bond motifs is 1. The molecule has 0 fully saturated rings. The van der Waals surface area contributed by atoms with Gasteiger partial charge in [0.25, 0.3) is 0 Å². The summed E-state index contributed by atoms with van der Waals surface area (Å²) >= 11 is 0. The van der Waals surface area contributed by atoms with E-state index in [9.17, 15) is 9.59 Å². The highest BCUT2D eigenvalue weighted by molar-refractivity contribution is 5.92. The van der Waals surface area contributed by atoms with E-state index in [1.807, 2.05) is 35.9 Å². The third kappa shape index (κ3) is 3.64. The number of carbonyl (C=O) groups excluding carboxylic acids is 1. The van der Waals surface area contributed by atoms with Gasteiger partial charge < -0.3 is 14.6 Å². The van der Waals surface area contributed by atoms with Gasteiger partial charge in [-0.3, -0.25) is 4.79 Å². The molecule has 3 rings (SSSR count). The minimum Gasteiger partial charge on any atom is -0.478 e.